The van der Waals surface area contributed by atoms with E-state index in [1.807, 2.05) is 12.1 Å². The summed E-state index contributed by atoms with van der Waals surface area (Å²) in [5.41, 5.74) is 1.84. The van der Waals surface area contributed by atoms with Gasteiger partial charge in [-0.15, -0.1) is 0 Å². The lowest BCUT2D eigenvalue weighted by atomic mass is 9.97. The summed E-state index contributed by atoms with van der Waals surface area (Å²) >= 11 is 6.13. The summed E-state index contributed by atoms with van der Waals surface area (Å²) in [6.07, 6.45) is 0.917. The SMILES string of the molecule is CC(C)Cc1ccc(C(C)C(=O)O)cc1Cl. The molecule has 0 heterocycles. The molecule has 0 aliphatic carbocycles. The van der Waals surface area contributed by atoms with Crippen molar-refractivity contribution in [3.05, 3.63) is 34.3 Å². The molecule has 1 aromatic rings. The first kappa shape index (κ1) is 13.0. The fraction of sp³-hybridized carbons (Fsp3) is 0.462. The fourth-order valence-corrected chi connectivity index (χ4v) is 1.85. The number of carboxylic acid groups (broad SMARTS) is 1. The van der Waals surface area contributed by atoms with Gasteiger partial charge >= 0.3 is 5.97 Å². The Balaban J connectivity index is 2.95. The second kappa shape index (κ2) is 5.35. The number of carbonyl (C=O) groups is 1. The summed E-state index contributed by atoms with van der Waals surface area (Å²) in [5, 5.41) is 9.56. The zero-order valence-corrected chi connectivity index (χ0v) is 10.6. The quantitative estimate of drug-likeness (QED) is 0.871. The summed E-state index contributed by atoms with van der Waals surface area (Å²) < 4.78 is 0. The number of rotatable bonds is 4. The minimum atomic E-state index is -0.826. The van der Waals surface area contributed by atoms with Crippen LogP contribution >= 0.6 is 11.6 Å². The topological polar surface area (TPSA) is 37.3 Å². The van der Waals surface area contributed by atoms with Crippen molar-refractivity contribution in [3.8, 4) is 0 Å². The number of carboxylic acids is 1. The van der Waals surface area contributed by atoms with Gasteiger partial charge in [0, 0.05) is 5.02 Å². The molecule has 16 heavy (non-hydrogen) atoms. The fourth-order valence-electron chi connectivity index (χ4n) is 1.58. The highest BCUT2D eigenvalue weighted by molar-refractivity contribution is 6.31. The Hall–Kier alpha value is -1.02. The molecule has 0 aromatic heterocycles. The third kappa shape index (κ3) is 3.24. The van der Waals surface area contributed by atoms with Crippen molar-refractivity contribution in [2.24, 2.45) is 5.92 Å². The van der Waals surface area contributed by atoms with Crippen LogP contribution in [0.25, 0.3) is 0 Å². The molecule has 0 aliphatic rings. The molecule has 1 atom stereocenters. The first-order chi connectivity index (χ1) is 7.41. The highest BCUT2D eigenvalue weighted by Gasteiger charge is 2.15. The van der Waals surface area contributed by atoms with Gasteiger partial charge < -0.3 is 5.11 Å². The van der Waals surface area contributed by atoms with E-state index < -0.39 is 11.9 Å². The van der Waals surface area contributed by atoms with Gasteiger partial charge in [0.25, 0.3) is 0 Å². The normalized spacial score (nSPS) is 12.8. The molecular weight excluding hydrogens is 224 g/mol. The van der Waals surface area contributed by atoms with Crippen molar-refractivity contribution < 1.29 is 9.90 Å². The van der Waals surface area contributed by atoms with Gasteiger partial charge in [0.1, 0.15) is 0 Å². The number of halogens is 1. The van der Waals surface area contributed by atoms with Crippen LogP contribution in [-0.4, -0.2) is 11.1 Å². The van der Waals surface area contributed by atoms with Crippen LogP contribution in [0.3, 0.4) is 0 Å². The highest BCUT2D eigenvalue weighted by atomic mass is 35.5. The second-order valence-electron chi connectivity index (χ2n) is 4.51. The first-order valence-electron chi connectivity index (χ1n) is 5.43. The van der Waals surface area contributed by atoms with Crippen molar-refractivity contribution in [2.45, 2.75) is 33.1 Å². The Labute approximate surface area is 101 Å². The molecule has 1 N–H and O–H groups in total. The number of hydrogen-bond donors (Lipinski definition) is 1. The Kier molecular flexibility index (Phi) is 4.36. The first-order valence-corrected chi connectivity index (χ1v) is 5.80. The van der Waals surface area contributed by atoms with Gasteiger partial charge in [0.15, 0.2) is 0 Å². The van der Waals surface area contributed by atoms with Crippen LogP contribution in [0.15, 0.2) is 18.2 Å². The molecule has 1 rings (SSSR count). The van der Waals surface area contributed by atoms with Gasteiger partial charge in [-0.1, -0.05) is 37.6 Å². The average molecular weight is 241 g/mol. The van der Waals surface area contributed by atoms with Crippen LogP contribution in [-0.2, 0) is 11.2 Å². The molecule has 0 spiro atoms. The minimum Gasteiger partial charge on any atom is -0.481 e. The summed E-state index contributed by atoms with van der Waals surface area (Å²) in [4.78, 5) is 10.8. The van der Waals surface area contributed by atoms with Crippen LogP contribution in [0, 0.1) is 5.92 Å². The van der Waals surface area contributed by atoms with E-state index in [4.69, 9.17) is 16.7 Å². The predicted octanol–water partition coefficient (Wildman–Crippen LogP) is 3.73. The molecule has 0 amide bonds. The smallest absolute Gasteiger partial charge is 0.310 e. The largest absolute Gasteiger partial charge is 0.481 e. The zero-order valence-electron chi connectivity index (χ0n) is 9.83. The summed E-state index contributed by atoms with van der Waals surface area (Å²) in [7, 11) is 0. The number of aliphatic carboxylic acids is 1. The molecule has 1 unspecified atom stereocenters. The Bertz CT molecular complexity index is 386. The Morgan fingerprint density at radius 2 is 2.00 bits per heavy atom. The molecule has 0 fully saturated rings. The van der Waals surface area contributed by atoms with Gasteiger partial charge in [0.05, 0.1) is 5.92 Å². The van der Waals surface area contributed by atoms with Crippen molar-refractivity contribution in [3.63, 3.8) is 0 Å². The molecule has 0 saturated heterocycles. The minimum absolute atomic E-state index is 0.509. The second-order valence-corrected chi connectivity index (χ2v) is 4.92. The summed E-state index contributed by atoms with van der Waals surface area (Å²) in [6.45, 7) is 5.92. The van der Waals surface area contributed by atoms with Crippen LogP contribution in [0.5, 0.6) is 0 Å². The molecular formula is C13H17ClO2. The lowest BCUT2D eigenvalue weighted by Crippen LogP contribution is -2.07. The molecule has 3 heteroatoms. The molecule has 1 aromatic carbocycles. The number of hydrogen-bond acceptors (Lipinski definition) is 1. The molecule has 0 radical (unpaired) electrons. The summed E-state index contributed by atoms with van der Waals surface area (Å²) in [6, 6.07) is 5.54. The maximum absolute atomic E-state index is 10.8. The van der Waals surface area contributed by atoms with Crippen molar-refractivity contribution in [1.29, 1.82) is 0 Å². The van der Waals surface area contributed by atoms with Gasteiger partial charge in [-0.25, -0.2) is 0 Å². The van der Waals surface area contributed by atoms with Crippen molar-refractivity contribution in [2.75, 3.05) is 0 Å². The molecule has 88 valence electrons. The van der Waals surface area contributed by atoms with E-state index in [9.17, 15) is 4.79 Å². The zero-order chi connectivity index (χ0) is 12.3. The van der Waals surface area contributed by atoms with E-state index >= 15 is 0 Å². The van der Waals surface area contributed by atoms with Crippen molar-refractivity contribution in [1.82, 2.24) is 0 Å². The van der Waals surface area contributed by atoms with Crippen LogP contribution < -0.4 is 0 Å². The molecule has 0 bridgehead atoms. The van der Waals surface area contributed by atoms with E-state index in [1.54, 1.807) is 13.0 Å². The van der Waals surface area contributed by atoms with E-state index in [1.165, 1.54) is 0 Å². The summed E-state index contributed by atoms with van der Waals surface area (Å²) in [5.74, 6) is -0.793. The predicted molar refractivity (Wildman–Crippen MR) is 66.0 cm³/mol. The Morgan fingerprint density at radius 1 is 1.38 bits per heavy atom. The standard InChI is InChI=1S/C13H17ClO2/c1-8(2)6-11-5-4-10(7-12(11)14)9(3)13(15)16/h4-5,7-9H,6H2,1-3H3,(H,15,16). The van der Waals surface area contributed by atoms with Crippen molar-refractivity contribution >= 4 is 17.6 Å². The van der Waals surface area contributed by atoms with E-state index in [-0.39, 0.29) is 0 Å². The molecule has 2 nitrogen and oxygen atoms in total. The highest BCUT2D eigenvalue weighted by Crippen LogP contribution is 2.25. The molecule has 0 aliphatic heterocycles. The number of benzene rings is 1. The lowest BCUT2D eigenvalue weighted by molar-refractivity contribution is -0.138. The van der Waals surface area contributed by atoms with Crippen LogP contribution in [0.2, 0.25) is 5.02 Å². The van der Waals surface area contributed by atoms with Gasteiger partial charge in [-0.2, -0.15) is 0 Å². The van der Waals surface area contributed by atoms with Gasteiger partial charge in [-0.05, 0) is 36.5 Å². The Morgan fingerprint density at radius 3 is 2.44 bits per heavy atom. The molecule has 0 saturated carbocycles. The van der Waals surface area contributed by atoms with Gasteiger partial charge in [0.2, 0.25) is 0 Å². The lowest BCUT2D eigenvalue weighted by Gasteiger charge is -2.11. The van der Waals surface area contributed by atoms with Crippen LogP contribution in [0.1, 0.15) is 37.8 Å². The maximum Gasteiger partial charge on any atom is 0.310 e. The van der Waals surface area contributed by atoms with Gasteiger partial charge in [-0.3, -0.25) is 4.79 Å². The average Bonchev–Trinajstić information content (AvgIpc) is 2.19. The van der Waals surface area contributed by atoms with E-state index in [0.29, 0.717) is 10.9 Å². The van der Waals surface area contributed by atoms with Crippen LogP contribution in [0.4, 0.5) is 0 Å². The monoisotopic (exact) mass is 240 g/mol. The third-order valence-electron chi connectivity index (χ3n) is 2.58. The van der Waals surface area contributed by atoms with E-state index in [0.717, 1.165) is 17.5 Å². The van der Waals surface area contributed by atoms with E-state index in [2.05, 4.69) is 13.8 Å². The maximum atomic E-state index is 10.8. The third-order valence-corrected chi connectivity index (χ3v) is 2.93.